The largest absolute Gasteiger partial charge is 0.508 e. The molecule has 22 heavy (non-hydrogen) atoms. The zero-order valence-corrected chi connectivity index (χ0v) is 14.1. The smallest absolute Gasteiger partial charge is 0.118 e. The Bertz CT molecular complexity index is 678. The Hall–Kier alpha value is -2.02. The van der Waals surface area contributed by atoms with Gasteiger partial charge in [0.1, 0.15) is 5.75 Å². The third-order valence-corrected chi connectivity index (χ3v) is 5.00. The Balaban J connectivity index is 2.63. The van der Waals surface area contributed by atoms with Gasteiger partial charge in [-0.05, 0) is 60.6 Å². The molecule has 0 aromatic heterocycles. The molecule has 1 nitrogen and oxygen atoms in total. The van der Waals surface area contributed by atoms with Crippen molar-refractivity contribution in [2.24, 2.45) is 0 Å². The van der Waals surface area contributed by atoms with Gasteiger partial charge in [0.05, 0.1) is 0 Å². The van der Waals surface area contributed by atoms with E-state index in [1.54, 1.807) is 0 Å². The molecule has 0 spiro atoms. The summed E-state index contributed by atoms with van der Waals surface area (Å²) in [5.41, 5.74) is 5.98. The van der Waals surface area contributed by atoms with Gasteiger partial charge in [-0.2, -0.15) is 0 Å². The van der Waals surface area contributed by atoms with Crippen molar-refractivity contribution < 1.29 is 5.11 Å². The number of phenolic OH excluding ortho intramolecular Hbond substituents is 1. The van der Waals surface area contributed by atoms with Crippen LogP contribution in [0.5, 0.6) is 5.75 Å². The first-order chi connectivity index (χ1) is 10.5. The maximum atomic E-state index is 9.83. The maximum Gasteiger partial charge on any atom is 0.118 e. The van der Waals surface area contributed by atoms with Crippen molar-refractivity contribution in [2.45, 2.75) is 46.0 Å². The van der Waals surface area contributed by atoms with E-state index in [9.17, 15) is 5.11 Å². The monoisotopic (exact) mass is 294 g/mol. The SMILES string of the molecule is C=Cc1ccc(C(CC)(CC)c2ccc(O)c(C)c2)cc1C. The first-order valence-corrected chi connectivity index (χ1v) is 8.02. The lowest BCUT2D eigenvalue weighted by molar-refractivity contribution is 0.461. The fraction of sp³-hybridized carbons (Fsp3) is 0.333. The fourth-order valence-electron chi connectivity index (χ4n) is 3.39. The predicted molar refractivity (Wildman–Crippen MR) is 95.5 cm³/mol. The molecule has 0 aliphatic heterocycles. The molecule has 0 bridgehead atoms. The number of phenols is 1. The van der Waals surface area contributed by atoms with E-state index in [1.165, 1.54) is 22.3 Å². The minimum atomic E-state index is -0.0110. The first-order valence-electron chi connectivity index (χ1n) is 8.02. The van der Waals surface area contributed by atoms with E-state index in [1.807, 2.05) is 19.1 Å². The predicted octanol–water partition coefficient (Wildman–Crippen LogP) is 5.76. The van der Waals surface area contributed by atoms with Gasteiger partial charge >= 0.3 is 0 Å². The molecule has 0 aliphatic carbocycles. The highest BCUT2D eigenvalue weighted by molar-refractivity contribution is 5.54. The van der Waals surface area contributed by atoms with Gasteiger partial charge in [-0.25, -0.2) is 0 Å². The Morgan fingerprint density at radius 3 is 1.95 bits per heavy atom. The quantitative estimate of drug-likeness (QED) is 0.743. The lowest BCUT2D eigenvalue weighted by atomic mass is 9.70. The number of hydrogen-bond donors (Lipinski definition) is 1. The van der Waals surface area contributed by atoms with Gasteiger partial charge in [0.15, 0.2) is 0 Å². The summed E-state index contributed by atoms with van der Waals surface area (Å²) >= 11 is 0. The van der Waals surface area contributed by atoms with Gasteiger partial charge in [0.25, 0.3) is 0 Å². The normalized spacial score (nSPS) is 11.5. The summed E-state index contributed by atoms with van der Waals surface area (Å²) < 4.78 is 0. The van der Waals surface area contributed by atoms with Crippen LogP contribution in [0.4, 0.5) is 0 Å². The van der Waals surface area contributed by atoms with Gasteiger partial charge < -0.3 is 5.11 Å². The molecule has 2 rings (SSSR count). The third kappa shape index (κ3) is 2.68. The zero-order valence-electron chi connectivity index (χ0n) is 14.1. The molecule has 0 heterocycles. The van der Waals surface area contributed by atoms with Crippen LogP contribution in [0, 0.1) is 13.8 Å². The molecular formula is C21H26O. The first kappa shape index (κ1) is 16.4. The van der Waals surface area contributed by atoms with Crippen molar-refractivity contribution in [3.63, 3.8) is 0 Å². The summed E-state index contributed by atoms with van der Waals surface area (Å²) in [5.74, 6) is 0.364. The number of aryl methyl sites for hydroxylation is 2. The molecule has 1 heteroatoms. The Morgan fingerprint density at radius 1 is 0.955 bits per heavy atom. The molecule has 1 N–H and O–H groups in total. The summed E-state index contributed by atoms with van der Waals surface area (Å²) in [5, 5.41) is 9.83. The second-order valence-electron chi connectivity index (χ2n) is 6.07. The van der Waals surface area contributed by atoms with E-state index < -0.39 is 0 Å². The van der Waals surface area contributed by atoms with Crippen LogP contribution < -0.4 is 0 Å². The topological polar surface area (TPSA) is 20.2 Å². The average molecular weight is 294 g/mol. The van der Waals surface area contributed by atoms with Crippen LogP contribution in [0.2, 0.25) is 0 Å². The summed E-state index contributed by atoms with van der Waals surface area (Å²) in [6.45, 7) is 12.4. The number of aromatic hydroxyl groups is 1. The van der Waals surface area contributed by atoms with Crippen molar-refractivity contribution in [1.82, 2.24) is 0 Å². The van der Waals surface area contributed by atoms with E-state index in [4.69, 9.17) is 0 Å². The van der Waals surface area contributed by atoms with Crippen LogP contribution in [0.25, 0.3) is 6.08 Å². The number of benzene rings is 2. The van der Waals surface area contributed by atoms with Crippen molar-refractivity contribution in [3.05, 3.63) is 70.8 Å². The van der Waals surface area contributed by atoms with Gasteiger partial charge in [-0.15, -0.1) is 0 Å². The van der Waals surface area contributed by atoms with Crippen molar-refractivity contribution >= 4 is 6.08 Å². The lowest BCUT2D eigenvalue weighted by Crippen LogP contribution is -2.26. The van der Waals surface area contributed by atoms with Gasteiger partial charge in [-0.1, -0.05) is 56.8 Å². The Kier molecular flexibility index (Phi) is 4.75. The minimum absolute atomic E-state index is 0.0110. The average Bonchev–Trinajstić information content (AvgIpc) is 2.52. The Morgan fingerprint density at radius 2 is 1.50 bits per heavy atom. The molecule has 0 saturated heterocycles. The molecule has 116 valence electrons. The lowest BCUT2D eigenvalue weighted by Gasteiger charge is -2.34. The van der Waals surface area contributed by atoms with Gasteiger partial charge in [0, 0.05) is 5.41 Å². The molecule has 2 aromatic carbocycles. The van der Waals surface area contributed by atoms with Crippen LogP contribution in [-0.4, -0.2) is 5.11 Å². The highest BCUT2D eigenvalue weighted by Gasteiger charge is 2.31. The van der Waals surface area contributed by atoms with Crippen LogP contribution in [0.1, 0.15) is 54.5 Å². The van der Waals surface area contributed by atoms with E-state index >= 15 is 0 Å². The zero-order chi connectivity index (χ0) is 16.3. The standard InChI is InChI=1S/C21H26O/c1-6-17-9-10-18(13-15(17)4)21(7-2,8-3)19-11-12-20(22)16(5)14-19/h6,9-14,22H,1,7-8H2,2-5H3. The van der Waals surface area contributed by atoms with E-state index in [2.05, 4.69) is 57.7 Å². The molecule has 0 unspecified atom stereocenters. The molecular weight excluding hydrogens is 268 g/mol. The van der Waals surface area contributed by atoms with E-state index in [0.29, 0.717) is 5.75 Å². The van der Waals surface area contributed by atoms with Crippen LogP contribution >= 0.6 is 0 Å². The van der Waals surface area contributed by atoms with Crippen LogP contribution in [-0.2, 0) is 5.41 Å². The third-order valence-electron chi connectivity index (χ3n) is 5.00. The molecule has 0 atom stereocenters. The molecule has 2 aromatic rings. The van der Waals surface area contributed by atoms with E-state index in [-0.39, 0.29) is 5.41 Å². The van der Waals surface area contributed by atoms with Crippen molar-refractivity contribution in [1.29, 1.82) is 0 Å². The van der Waals surface area contributed by atoms with E-state index in [0.717, 1.165) is 18.4 Å². The molecule has 0 amide bonds. The molecule has 0 saturated carbocycles. The van der Waals surface area contributed by atoms with Gasteiger partial charge in [-0.3, -0.25) is 0 Å². The minimum Gasteiger partial charge on any atom is -0.508 e. The maximum absolute atomic E-state index is 9.83. The summed E-state index contributed by atoms with van der Waals surface area (Å²) in [4.78, 5) is 0. The second kappa shape index (κ2) is 6.39. The Labute approximate surface area is 134 Å². The summed E-state index contributed by atoms with van der Waals surface area (Å²) in [6.07, 6.45) is 3.96. The number of rotatable bonds is 5. The second-order valence-corrected chi connectivity index (χ2v) is 6.07. The van der Waals surface area contributed by atoms with Crippen LogP contribution in [0.3, 0.4) is 0 Å². The van der Waals surface area contributed by atoms with Crippen LogP contribution in [0.15, 0.2) is 43.0 Å². The molecule has 0 radical (unpaired) electrons. The van der Waals surface area contributed by atoms with Crippen molar-refractivity contribution in [3.8, 4) is 5.75 Å². The fourth-order valence-corrected chi connectivity index (χ4v) is 3.39. The molecule has 0 fully saturated rings. The summed E-state index contributed by atoms with van der Waals surface area (Å²) in [6, 6.07) is 12.7. The van der Waals surface area contributed by atoms with Crippen molar-refractivity contribution in [2.75, 3.05) is 0 Å². The highest BCUT2D eigenvalue weighted by Crippen LogP contribution is 2.40. The number of hydrogen-bond acceptors (Lipinski definition) is 1. The highest BCUT2D eigenvalue weighted by atomic mass is 16.3. The van der Waals surface area contributed by atoms with Gasteiger partial charge in [0.2, 0.25) is 0 Å². The summed E-state index contributed by atoms with van der Waals surface area (Å²) in [7, 11) is 0. The molecule has 0 aliphatic rings.